The molecule has 6 rings (SSSR count). The molecular weight excluding hydrogens is 630 g/mol. The van der Waals surface area contributed by atoms with Crippen LogP contribution in [0.1, 0.15) is 114 Å². The van der Waals surface area contributed by atoms with Crippen molar-refractivity contribution in [2.24, 2.45) is 5.41 Å². The zero-order valence-electron chi connectivity index (χ0n) is 29.6. The Bertz CT molecular complexity index is 1790. The van der Waals surface area contributed by atoms with Crippen LogP contribution >= 0.6 is 0 Å². The van der Waals surface area contributed by atoms with Gasteiger partial charge in [0.25, 0.3) is 5.56 Å². The number of benzene rings is 2. The van der Waals surface area contributed by atoms with E-state index in [1.54, 1.807) is 0 Å². The Balaban J connectivity index is 1.27. The number of fused-ring (bicyclic) bond motifs is 1. The minimum atomic E-state index is -0.669. The van der Waals surface area contributed by atoms with Gasteiger partial charge in [0.05, 0.1) is 18.0 Å². The molecule has 11 nitrogen and oxygen atoms in total. The number of nitrogens with one attached hydrogen (secondary N) is 2. The highest BCUT2D eigenvalue weighted by Crippen LogP contribution is 2.48. The molecule has 0 saturated heterocycles. The maximum absolute atomic E-state index is 14.6. The number of rotatable bonds is 15. The minimum absolute atomic E-state index is 0.0123. The second-order valence-electron chi connectivity index (χ2n) is 13.9. The summed E-state index contributed by atoms with van der Waals surface area (Å²) < 4.78 is 9.60. The number of aromatic amines is 1. The molecule has 266 valence electrons. The largest absolute Gasteiger partial charge is 0.464 e. The normalized spacial score (nSPS) is 16.9. The fourth-order valence-corrected chi connectivity index (χ4v) is 8.08. The smallest absolute Gasteiger partial charge is 0.305 e. The molecule has 3 heterocycles. The van der Waals surface area contributed by atoms with Crippen LogP contribution in [-0.4, -0.2) is 55.0 Å². The van der Waals surface area contributed by atoms with Crippen molar-refractivity contribution in [1.29, 1.82) is 0 Å². The van der Waals surface area contributed by atoms with Gasteiger partial charge in [-0.15, -0.1) is 10.2 Å². The van der Waals surface area contributed by atoms with Gasteiger partial charge < -0.3 is 10.1 Å². The van der Waals surface area contributed by atoms with Crippen molar-refractivity contribution < 1.29 is 14.3 Å². The van der Waals surface area contributed by atoms with Crippen LogP contribution in [0.3, 0.4) is 0 Å². The van der Waals surface area contributed by atoms with Crippen molar-refractivity contribution in [3.05, 3.63) is 75.7 Å². The number of H-pyrrole nitrogens is 1. The summed E-state index contributed by atoms with van der Waals surface area (Å²) in [6.45, 7) is 5.45. The summed E-state index contributed by atoms with van der Waals surface area (Å²) >= 11 is 0. The number of nitrogens with zero attached hydrogens (tertiary/aromatic N) is 5. The van der Waals surface area contributed by atoms with Gasteiger partial charge in [0.2, 0.25) is 11.7 Å². The van der Waals surface area contributed by atoms with E-state index in [1.807, 2.05) is 29.8 Å². The lowest BCUT2D eigenvalue weighted by molar-refractivity contribution is -0.145. The predicted molar refractivity (Wildman–Crippen MR) is 192 cm³/mol. The number of esters is 1. The number of carbonyl (C=O) groups excluding carboxylic acids is 2. The maximum Gasteiger partial charge on any atom is 0.305 e. The number of hydrogen-bond acceptors (Lipinski definition) is 7. The van der Waals surface area contributed by atoms with Crippen LogP contribution in [0.2, 0.25) is 0 Å². The summed E-state index contributed by atoms with van der Waals surface area (Å²) in [4.78, 5) is 40.8. The molecule has 4 aromatic rings. The van der Waals surface area contributed by atoms with E-state index >= 15 is 0 Å². The third kappa shape index (κ3) is 7.46. The molecule has 1 aliphatic carbocycles. The van der Waals surface area contributed by atoms with Crippen molar-refractivity contribution >= 4 is 11.9 Å². The molecule has 1 aliphatic heterocycles. The summed E-state index contributed by atoms with van der Waals surface area (Å²) in [5, 5.41) is 17.8. The highest BCUT2D eigenvalue weighted by molar-refractivity contribution is 5.83. The number of tetrazole rings is 1. The Hall–Kier alpha value is -4.54. The average Bonchev–Trinajstić information content (AvgIpc) is 3.79. The van der Waals surface area contributed by atoms with E-state index in [0.29, 0.717) is 18.7 Å². The zero-order valence-corrected chi connectivity index (χ0v) is 29.6. The van der Waals surface area contributed by atoms with Crippen molar-refractivity contribution in [2.75, 3.05) is 13.2 Å². The lowest BCUT2D eigenvalue weighted by Crippen LogP contribution is -2.52. The topological polar surface area (TPSA) is 137 Å². The van der Waals surface area contributed by atoms with Crippen LogP contribution < -0.4 is 10.9 Å². The highest BCUT2D eigenvalue weighted by Gasteiger charge is 2.49. The molecule has 1 unspecified atom stereocenters. The average molecular weight is 682 g/mol. The van der Waals surface area contributed by atoms with Gasteiger partial charge in [-0.2, -0.15) is 5.21 Å². The van der Waals surface area contributed by atoms with Crippen molar-refractivity contribution in [3.63, 3.8) is 0 Å². The number of hydrogen-bond donors (Lipinski definition) is 2. The summed E-state index contributed by atoms with van der Waals surface area (Å²) in [5.74, 6) is 0.310. The molecule has 1 amide bonds. The zero-order chi connectivity index (χ0) is 34.9. The van der Waals surface area contributed by atoms with Gasteiger partial charge in [0, 0.05) is 36.2 Å². The molecule has 0 radical (unpaired) electrons. The number of unbranched alkanes of at least 4 members (excludes halogenated alkanes) is 2. The first-order chi connectivity index (χ1) is 24.5. The third-order valence-electron chi connectivity index (χ3n) is 10.7. The van der Waals surface area contributed by atoms with Crippen molar-refractivity contribution in [1.82, 2.24) is 35.3 Å². The van der Waals surface area contributed by atoms with Crippen LogP contribution in [-0.2, 0) is 33.7 Å². The van der Waals surface area contributed by atoms with Crippen molar-refractivity contribution in [2.45, 2.75) is 116 Å². The van der Waals surface area contributed by atoms with E-state index < -0.39 is 5.41 Å². The van der Waals surface area contributed by atoms with E-state index in [9.17, 15) is 14.4 Å². The van der Waals surface area contributed by atoms with Crippen LogP contribution in [0.5, 0.6) is 0 Å². The first-order valence-corrected chi connectivity index (χ1v) is 18.7. The van der Waals surface area contributed by atoms with E-state index in [2.05, 4.69) is 67.9 Å². The van der Waals surface area contributed by atoms with Gasteiger partial charge in [0.15, 0.2) is 0 Å². The van der Waals surface area contributed by atoms with Gasteiger partial charge in [-0.05, 0) is 66.8 Å². The Kier molecular flexibility index (Phi) is 11.6. The maximum atomic E-state index is 14.6. The molecule has 0 bridgehead atoms. The molecule has 2 aliphatic rings. The molecular formula is C39H51N7O4. The Morgan fingerprint density at radius 3 is 2.46 bits per heavy atom. The summed E-state index contributed by atoms with van der Waals surface area (Å²) in [7, 11) is 0. The molecule has 1 atom stereocenters. The van der Waals surface area contributed by atoms with Crippen LogP contribution in [0, 0.1) is 5.41 Å². The first kappa shape index (κ1) is 35.3. The fourth-order valence-electron chi connectivity index (χ4n) is 8.08. The van der Waals surface area contributed by atoms with Gasteiger partial charge >= 0.3 is 5.97 Å². The third-order valence-corrected chi connectivity index (χ3v) is 10.7. The number of amides is 1. The Morgan fingerprint density at radius 1 is 0.980 bits per heavy atom. The fraction of sp³-hybridized carbons (Fsp3) is 0.538. The lowest BCUT2D eigenvalue weighted by atomic mass is 9.66. The van der Waals surface area contributed by atoms with E-state index in [0.717, 1.165) is 117 Å². The summed E-state index contributed by atoms with van der Waals surface area (Å²) in [6.07, 6.45) is 11.8. The second kappa shape index (κ2) is 16.4. The standard InChI is InChI=1S/C39H51N7O4/c1-3-5-15-33-32(27-28-18-20-29(21-19-28)30-13-8-9-14-31(30)36-41-43-44-42-36)37(48)46-34(16-12-25-45(33)46)39(22-10-7-11-23-39)38(49)40-24-26-50-35(47)17-6-4-2/h8-9,13-14,18-21,34H,3-7,10-12,15-17,22-27H2,1-2H3,(H,40,49)(H,41,42,43,44). The van der Waals surface area contributed by atoms with Gasteiger partial charge in [-0.1, -0.05) is 94.5 Å². The van der Waals surface area contributed by atoms with Crippen LogP contribution in [0.25, 0.3) is 22.5 Å². The predicted octanol–water partition coefficient (Wildman–Crippen LogP) is 6.57. The monoisotopic (exact) mass is 681 g/mol. The minimum Gasteiger partial charge on any atom is -0.464 e. The lowest BCUT2D eigenvalue weighted by Gasteiger charge is -2.45. The summed E-state index contributed by atoms with van der Waals surface area (Å²) in [5.41, 5.74) is 5.33. The molecule has 0 spiro atoms. The second-order valence-corrected chi connectivity index (χ2v) is 13.9. The Labute approximate surface area is 294 Å². The van der Waals surface area contributed by atoms with Gasteiger partial charge in [-0.3, -0.25) is 19.1 Å². The molecule has 2 N–H and O–H groups in total. The number of carbonyl (C=O) groups is 2. The molecule has 50 heavy (non-hydrogen) atoms. The molecule has 2 aromatic heterocycles. The Morgan fingerprint density at radius 2 is 1.74 bits per heavy atom. The molecule has 1 saturated carbocycles. The van der Waals surface area contributed by atoms with Crippen LogP contribution in [0.4, 0.5) is 0 Å². The van der Waals surface area contributed by atoms with Gasteiger partial charge in [0.1, 0.15) is 6.61 Å². The van der Waals surface area contributed by atoms with Crippen molar-refractivity contribution in [3.8, 4) is 22.5 Å². The number of aromatic nitrogens is 6. The van der Waals surface area contributed by atoms with E-state index in [1.165, 1.54) is 0 Å². The molecule has 2 aromatic carbocycles. The molecule has 11 heteroatoms. The first-order valence-electron chi connectivity index (χ1n) is 18.7. The number of ether oxygens (including phenoxy) is 1. The van der Waals surface area contributed by atoms with E-state index in [-0.39, 0.29) is 36.6 Å². The van der Waals surface area contributed by atoms with E-state index in [4.69, 9.17) is 4.74 Å². The molecule has 1 fully saturated rings. The van der Waals surface area contributed by atoms with Crippen LogP contribution in [0.15, 0.2) is 53.3 Å². The summed E-state index contributed by atoms with van der Waals surface area (Å²) in [6, 6.07) is 16.2. The quantitative estimate of drug-likeness (QED) is 0.107. The SMILES string of the molecule is CCCCC(=O)OCCNC(=O)C1(C2CCCn3c(CCCC)c(Cc4ccc(-c5ccccc5-c5nn[nH]n5)cc4)c(=O)n32)CCCCC1. The highest BCUT2D eigenvalue weighted by atomic mass is 16.5. The van der Waals surface area contributed by atoms with Gasteiger partial charge in [-0.25, -0.2) is 4.68 Å².